The van der Waals surface area contributed by atoms with Crippen LogP contribution in [0.3, 0.4) is 0 Å². The molecule has 8 nitrogen and oxygen atoms in total. The first-order valence-electron chi connectivity index (χ1n) is 8.60. The summed E-state index contributed by atoms with van der Waals surface area (Å²) >= 11 is 5.88. The normalized spacial score (nSPS) is 12.2. The van der Waals surface area contributed by atoms with Crippen molar-refractivity contribution in [3.8, 4) is 0 Å². The Hall–Kier alpha value is -2.35. The second kappa shape index (κ2) is 7.72. The van der Waals surface area contributed by atoms with Crippen molar-refractivity contribution in [2.24, 2.45) is 5.41 Å². The number of carboxylic acid groups (broad SMARTS) is 1. The lowest BCUT2D eigenvalue weighted by atomic mass is 9.89. The monoisotopic (exact) mass is 396 g/mol. The number of amides is 1. The molecule has 0 aromatic carbocycles. The highest BCUT2D eigenvalue weighted by Gasteiger charge is 2.25. The van der Waals surface area contributed by atoms with Gasteiger partial charge in [-0.05, 0) is 50.3 Å². The van der Waals surface area contributed by atoms with E-state index in [0.29, 0.717) is 30.5 Å². The summed E-state index contributed by atoms with van der Waals surface area (Å²) in [7, 11) is 0. The van der Waals surface area contributed by atoms with Crippen LogP contribution in [0, 0.1) is 5.41 Å². The Labute approximate surface area is 162 Å². The van der Waals surface area contributed by atoms with Crippen molar-refractivity contribution in [1.82, 2.24) is 19.9 Å². The molecule has 0 saturated heterocycles. The number of fused-ring (bicyclic) bond motifs is 1. The zero-order chi connectivity index (χ0) is 20.4. The average Bonchev–Trinajstić information content (AvgIpc) is 2.83. The third-order valence-electron chi connectivity index (χ3n) is 3.88. The van der Waals surface area contributed by atoms with Crippen molar-refractivity contribution >= 4 is 34.7 Å². The summed E-state index contributed by atoms with van der Waals surface area (Å²) in [6.45, 7) is 10.2. The molecule has 0 fully saturated rings. The zero-order valence-corrected chi connectivity index (χ0v) is 16.9. The summed E-state index contributed by atoms with van der Waals surface area (Å²) in [5, 5.41) is 12.9. The minimum Gasteiger partial charge on any atom is -0.477 e. The fourth-order valence-electron chi connectivity index (χ4n) is 2.68. The first-order valence-corrected chi connectivity index (χ1v) is 8.98. The van der Waals surface area contributed by atoms with E-state index in [0.717, 1.165) is 0 Å². The second-order valence-corrected chi connectivity index (χ2v) is 8.52. The van der Waals surface area contributed by atoms with Crippen LogP contribution in [0.2, 0.25) is 5.28 Å². The number of aromatic carboxylic acids is 1. The van der Waals surface area contributed by atoms with Crippen LogP contribution >= 0.6 is 11.6 Å². The third kappa shape index (κ3) is 5.82. The van der Waals surface area contributed by atoms with Crippen LogP contribution in [0.5, 0.6) is 0 Å². The van der Waals surface area contributed by atoms with E-state index in [2.05, 4.69) is 15.3 Å². The maximum atomic E-state index is 11.8. The van der Waals surface area contributed by atoms with E-state index < -0.39 is 17.7 Å². The highest BCUT2D eigenvalue weighted by Crippen LogP contribution is 2.27. The Bertz CT molecular complexity index is 855. The smallest absolute Gasteiger partial charge is 0.407 e. The van der Waals surface area contributed by atoms with E-state index in [1.54, 1.807) is 25.3 Å². The lowest BCUT2D eigenvalue weighted by molar-refractivity contribution is 0.0521. The Morgan fingerprint density at radius 2 is 1.96 bits per heavy atom. The summed E-state index contributed by atoms with van der Waals surface area (Å²) in [6, 6.07) is 1.53. The van der Waals surface area contributed by atoms with E-state index in [-0.39, 0.29) is 16.4 Å². The lowest BCUT2D eigenvalue weighted by Gasteiger charge is -2.27. The molecule has 0 radical (unpaired) electrons. The van der Waals surface area contributed by atoms with Gasteiger partial charge in [-0.1, -0.05) is 13.8 Å². The van der Waals surface area contributed by atoms with Crippen molar-refractivity contribution in [3.63, 3.8) is 0 Å². The van der Waals surface area contributed by atoms with E-state index in [1.807, 2.05) is 13.8 Å². The van der Waals surface area contributed by atoms with Crippen LogP contribution in [-0.4, -0.2) is 43.8 Å². The van der Waals surface area contributed by atoms with E-state index >= 15 is 0 Å². The van der Waals surface area contributed by atoms with E-state index in [1.165, 1.54) is 12.3 Å². The molecule has 0 bridgehead atoms. The van der Waals surface area contributed by atoms with E-state index in [9.17, 15) is 14.7 Å². The number of aromatic nitrogens is 3. The van der Waals surface area contributed by atoms with Gasteiger partial charge in [-0.2, -0.15) is 4.98 Å². The van der Waals surface area contributed by atoms with Gasteiger partial charge >= 0.3 is 12.1 Å². The molecule has 2 aromatic heterocycles. The van der Waals surface area contributed by atoms with Crippen LogP contribution in [0.1, 0.15) is 51.5 Å². The van der Waals surface area contributed by atoms with Gasteiger partial charge in [0.25, 0.3) is 0 Å². The van der Waals surface area contributed by atoms with Gasteiger partial charge in [0.2, 0.25) is 5.28 Å². The molecule has 0 aliphatic carbocycles. The Balaban J connectivity index is 2.12. The number of alkyl carbamates (subject to hydrolysis) is 1. The van der Waals surface area contributed by atoms with Crippen molar-refractivity contribution in [2.45, 2.75) is 53.2 Å². The van der Waals surface area contributed by atoms with Crippen LogP contribution in [-0.2, 0) is 11.3 Å². The quantitative estimate of drug-likeness (QED) is 0.720. The molecule has 0 spiro atoms. The largest absolute Gasteiger partial charge is 0.477 e. The summed E-state index contributed by atoms with van der Waals surface area (Å²) in [6.07, 6.45) is 1.64. The second-order valence-electron chi connectivity index (χ2n) is 8.18. The molecule has 0 aliphatic rings. The summed E-state index contributed by atoms with van der Waals surface area (Å²) in [4.78, 5) is 31.5. The van der Waals surface area contributed by atoms with Crippen LogP contribution < -0.4 is 5.32 Å². The van der Waals surface area contributed by atoms with Gasteiger partial charge in [0.05, 0.1) is 0 Å². The molecule has 148 valence electrons. The maximum Gasteiger partial charge on any atom is 0.407 e. The predicted molar refractivity (Wildman–Crippen MR) is 102 cm³/mol. The first-order chi connectivity index (χ1) is 12.4. The van der Waals surface area contributed by atoms with Crippen molar-refractivity contribution in [2.75, 3.05) is 6.54 Å². The van der Waals surface area contributed by atoms with Gasteiger partial charge in [-0.3, -0.25) is 0 Å². The van der Waals surface area contributed by atoms with E-state index in [4.69, 9.17) is 16.3 Å². The molecule has 27 heavy (non-hydrogen) atoms. The highest BCUT2D eigenvalue weighted by atomic mass is 35.5. The number of nitrogens with zero attached hydrogens (tertiary/aromatic N) is 3. The molecule has 0 aliphatic heterocycles. The minimum absolute atomic E-state index is 0.0585. The first kappa shape index (κ1) is 21.0. The number of hydrogen-bond donors (Lipinski definition) is 2. The van der Waals surface area contributed by atoms with Gasteiger partial charge < -0.3 is 19.7 Å². The Kier molecular flexibility index (Phi) is 5.99. The molecular formula is C18H25ClN4O4. The number of carbonyl (C=O) groups excluding carboxylic acids is 1. The molecular weight excluding hydrogens is 372 g/mol. The standard InChI is InChI=1S/C18H25ClN4O4/c1-17(2,3)27-16(26)20-7-6-18(4,5)10-23-12(14(24)25)8-11-9-21-15(19)22-13(11)23/h8-9H,6-7,10H2,1-5H3,(H,20,26)(H,24,25). The fraction of sp³-hybridized carbons (Fsp3) is 0.556. The number of nitrogens with one attached hydrogen (secondary N) is 1. The molecule has 0 atom stereocenters. The molecule has 9 heteroatoms. The number of hydrogen-bond acceptors (Lipinski definition) is 5. The van der Waals surface area contributed by atoms with Crippen molar-refractivity contribution in [1.29, 1.82) is 0 Å². The lowest BCUT2D eigenvalue weighted by Crippen LogP contribution is -2.35. The molecule has 2 N–H and O–H groups in total. The van der Waals surface area contributed by atoms with Gasteiger partial charge in [0.15, 0.2) is 0 Å². The third-order valence-corrected chi connectivity index (χ3v) is 4.06. The molecule has 1 amide bonds. The Morgan fingerprint density at radius 1 is 1.30 bits per heavy atom. The number of halogens is 1. The minimum atomic E-state index is -1.05. The molecule has 0 saturated carbocycles. The van der Waals surface area contributed by atoms with Crippen LogP contribution in [0.25, 0.3) is 11.0 Å². The average molecular weight is 397 g/mol. The topological polar surface area (TPSA) is 106 Å². The number of rotatable bonds is 6. The highest BCUT2D eigenvalue weighted by molar-refractivity contribution is 6.28. The summed E-state index contributed by atoms with van der Waals surface area (Å²) in [5.41, 5.74) is -0.281. The zero-order valence-electron chi connectivity index (χ0n) is 16.2. The van der Waals surface area contributed by atoms with Crippen LogP contribution in [0.15, 0.2) is 12.3 Å². The van der Waals surface area contributed by atoms with Crippen molar-refractivity contribution < 1.29 is 19.4 Å². The van der Waals surface area contributed by atoms with Crippen LogP contribution in [0.4, 0.5) is 4.79 Å². The van der Waals surface area contributed by atoms with Crippen molar-refractivity contribution in [3.05, 3.63) is 23.2 Å². The molecule has 2 aromatic rings. The maximum absolute atomic E-state index is 11.8. The molecule has 2 heterocycles. The number of ether oxygens (including phenoxy) is 1. The number of carboxylic acids is 1. The number of carbonyl (C=O) groups is 2. The fourth-order valence-corrected chi connectivity index (χ4v) is 2.81. The van der Waals surface area contributed by atoms with Gasteiger partial charge in [-0.15, -0.1) is 0 Å². The van der Waals surface area contributed by atoms with Gasteiger partial charge in [0.1, 0.15) is 16.9 Å². The molecule has 0 unspecified atom stereocenters. The Morgan fingerprint density at radius 3 is 2.56 bits per heavy atom. The molecule has 2 rings (SSSR count). The van der Waals surface area contributed by atoms with Gasteiger partial charge in [-0.25, -0.2) is 14.6 Å². The predicted octanol–water partition coefficient (Wildman–Crippen LogP) is 3.72. The van der Waals surface area contributed by atoms with Gasteiger partial charge in [0, 0.05) is 24.7 Å². The summed E-state index contributed by atoms with van der Waals surface area (Å²) in [5.74, 6) is -1.05. The summed E-state index contributed by atoms with van der Waals surface area (Å²) < 4.78 is 6.84. The SMILES string of the molecule is CC(C)(CCNC(=O)OC(C)(C)C)Cn1c(C(=O)O)cc2cnc(Cl)nc21.